The first-order valence-corrected chi connectivity index (χ1v) is 10.0. The van der Waals surface area contributed by atoms with Crippen molar-refractivity contribution in [2.24, 2.45) is 11.8 Å². The van der Waals surface area contributed by atoms with Crippen molar-refractivity contribution in [3.8, 4) is 5.75 Å². The summed E-state index contributed by atoms with van der Waals surface area (Å²) in [6.45, 7) is 1.24. The van der Waals surface area contributed by atoms with Gasteiger partial charge in [0.05, 0.1) is 18.9 Å². The highest BCUT2D eigenvalue weighted by atomic mass is 16.5. The molecule has 0 radical (unpaired) electrons. The molecule has 0 spiro atoms. The highest BCUT2D eigenvalue weighted by Crippen LogP contribution is 2.38. The molecule has 1 fully saturated rings. The third-order valence-electron chi connectivity index (χ3n) is 5.48. The molecule has 0 aliphatic heterocycles. The largest absolute Gasteiger partial charge is 0.496 e. The first kappa shape index (κ1) is 19.5. The van der Waals surface area contributed by atoms with E-state index in [9.17, 15) is 9.59 Å². The zero-order valence-electron chi connectivity index (χ0n) is 16.1. The molecule has 2 unspecified atom stereocenters. The van der Waals surface area contributed by atoms with Crippen LogP contribution in [0.15, 0.2) is 35.9 Å². The van der Waals surface area contributed by atoms with Gasteiger partial charge in [-0.2, -0.15) is 0 Å². The van der Waals surface area contributed by atoms with E-state index < -0.39 is 0 Å². The average molecular weight is 370 g/mol. The molecule has 2 aliphatic carbocycles. The normalized spacial score (nSPS) is 21.1. The summed E-state index contributed by atoms with van der Waals surface area (Å²) in [7, 11) is 1.65. The van der Waals surface area contributed by atoms with Crippen LogP contribution in [0.25, 0.3) is 0 Å². The van der Waals surface area contributed by atoms with Gasteiger partial charge in [-0.3, -0.25) is 9.59 Å². The van der Waals surface area contributed by atoms with Crippen LogP contribution in [-0.2, 0) is 16.0 Å². The molecule has 0 bridgehead atoms. The summed E-state index contributed by atoms with van der Waals surface area (Å²) in [5.41, 5.74) is 2.53. The molecule has 1 aromatic rings. The predicted octanol–water partition coefficient (Wildman–Crippen LogP) is 3.00. The maximum Gasteiger partial charge on any atom is 0.223 e. The molecule has 146 valence electrons. The summed E-state index contributed by atoms with van der Waals surface area (Å²) < 4.78 is 5.32. The second kappa shape index (κ2) is 9.58. The van der Waals surface area contributed by atoms with Crippen molar-refractivity contribution < 1.29 is 14.3 Å². The lowest BCUT2D eigenvalue weighted by Gasteiger charge is -2.13. The van der Waals surface area contributed by atoms with Gasteiger partial charge in [0.2, 0.25) is 11.8 Å². The summed E-state index contributed by atoms with van der Waals surface area (Å²) in [4.78, 5) is 24.5. The lowest BCUT2D eigenvalue weighted by atomic mass is 9.97. The van der Waals surface area contributed by atoms with Gasteiger partial charge in [0.15, 0.2) is 0 Å². The minimum absolute atomic E-state index is 0.0139. The molecular weight excluding hydrogens is 340 g/mol. The molecule has 2 aliphatic rings. The summed E-state index contributed by atoms with van der Waals surface area (Å²) in [6.07, 6.45) is 9.51. The quantitative estimate of drug-likeness (QED) is 0.657. The van der Waals surface area contributed by atoms with Crippen LogP contribution in [-0.4, -0.2) is 32.0 Å². The molecule has 2 atom stereocenters. The van der Waals surface area contributed by atoms with E-state index in [1.54, 1.807) is 7.11 Å². The minimum atomic E-state index is -0.170. The topological polar surface area (TPSA) is 67.4 Å². The second-order valence-electron chi connectivity index (χ2n) is 7.45. The molecule has 3 rings (SSSR count). The fraction of sp³-hybridized carbons (Fsp3) is 0.545. The molecule has 0 saturated heterocycles. The molecule has 1 saturated carbocycles. The predicted molar refractivity (Wildman–Crippen MR) is 105 cm³/mol. The molecule has 5 heteroatoms. The number of methoxy groups -OCH3 is 1. The highest BCUT2D eigenvalue weighted by Gasteiger charge is 2.47. The van der Waals surface area contributed by atoms with Crippen molar-refractivity contribution >= 4 is 11.8 Å². The first-order chi connectivity index (χ1) is 13.2. The number of benzene rings is 1. The van der Waals surface area contributed by atoms with E-state index in [-0.39, 0.29) is 23.7 Å². The van der Waals surface area contributed by atoms with Gasteiger partial charge in [0, 0.05) is 13.1 Å². The smallest absolute Gasteiger partial charge is 0.223 e. The van der Waals surface area contributed by atoms with Gasteiger partial charge in [-0.1, -0.05) is 29.8 Å². The van der Waals surface area contributed by atoms with Crippen LogP contribution in [0.5, 0.6) is 5.75 Å². The number of hydrogen-bond donors (Lipinski definition) is 2. The molecule has 5 nitrogen and oxygen atoms in total. The third-order valence-corrected chi connectivity index (χ3v) is 5.48. The number of amides is 2. The number of rotatable bonds is 9. The number of allylic oxidation sites excluding steroid dienone is 1. The summed E-state index contributed by atoms with van der Waals surface area (Å²) in [6, 6.07) is 7.81. The van der Waals surface area contributed by atoms with Crippen LogP contribution in [0, 0.1) is 11.8 Å². The molecule has 1 aromatic carbocycles. The average Bonchev–Trinajstić information content (AvgIpc) is 3.50. The Hall–Kier alpha value is -2.30. The van der Waals surface area contributed by atoms with E-state index in [2.05, 4.69) is 16.7 Å². The van der Waals surface area contributed by atoms with Crippen molar-refractivity contribution in [3.05, 3.63) is 41.5 Å². The third kappa shape index (κ3) is 5.59. The van der Waals surface area contributed by atoms with Gasteiger partial charge >= 0.3 is 0 Å². The Bertz CT molecular complexity index is 699. The number of hydrogen-bond acceptors (Lipinski definition) is 3. The lowest BCUT2D eigenvalue weighted by Crippen LogP contribution is -2.31. The first-order valence-electron chi connectivity index (χ1n) is 10.0. The highest BCUT2D eigenvalue weighted by molar-refractivity contribution is 5.92. The van der Waals surface area contributed by atoms with E-state index in [4.69, 9.17) is 4.74 Å². The Labute approximate surface area is 161 Å². The Morgan fingerprint density at radius 1 is 1.04 bits per heavy atom. The van der Waals surface area contributed by atoms with Crippen molar-refractivity contribution in [3.63, 3.8) is 0 Å². The standard InChI is InChI=1S/C22H30N2O3/c1-27-20-10-6-5-9-17(20)12-14-24-22(26)19-15-18(19)21(25)23-13-11-16-7-3-2-4-8-16/h5-7,9-10,18-19H,2-4,8,11-15H2,1H3,(H,23,25)(H,24,26). The maximum atomic E-state index is 12.3. The van der Waals surface area contributed by atoms with Crippen LogP contribution >= 0.6 is 0 Å². The van der Waals surface area contributed by atoms with Crippen molar-refractivity contribution in [1.82, 2.24) is 10.6 Å². The maximum absolute atomic E-state index is 12.3. The van der Waals surface area contributed by atoms with Crippen LogP contribution in [0.1, 0.15) is 44.1 Å². The van der Waals surface area contributed by atoms with Crippen molar-refractivity contribution in [2.45, 2.75) is 44.9 Å². The van der Waals surface area contributed by atoms with E-state index in [0.29, 0.717) is 25.9 Å². The number of carbonyl (C=O) groups excluding carboxylic acids is 2. The number of carbonyl (C=O) groups is 2. The van der Waals surface area contributed by atoms with E-state index >= 15 is 0 Å². The SMILES string of the molecule is COc1ccccc1CCNC(=O)C1CC1C(=O)NCCC1=CCCCC1. The summed E-state index contributed by atoms with van der Waals surface area (Å²) in [5, 5.41) is 5.95. The van der Waals surface area contributed by atoms with E-state index in [0.717, 1.165) is 24.2 Å². The second-order valence-corrected chi connectivity index (χ2v) is 7.45. The molecular formula is C22H30N2O3. The fourth-order valence-corrected chi connectivity index (χ4v) is 3.74. The summed E-state index contributed by atoms with van der Waals surface area (Å²) >= 11 is 0. The molecule has 0 aromatic heterocycles. The van der Waals surface area contributed by atoms with Crippen LogP contribution in [0.4, 0.5) is 0 Å². The van der Waals surface area contributed by atoms with Crippen LogP contribution < -0.4 is 15.4 Å². The van der Waals surface area contributed by atoms with Gasteiger partial charge in [-0.25, -0.2) is 0 Å². The number of ether oxygens (including phenoxy) is 1. The Morgan fingerprint density at radius 2 is 1.74 bits per heavy atom. The van der Waals surface area contributed by atoms with Gasteiger partial charge in [-0.05, 0) is 56.6 Å². The van der Waals surface area contributed by atoms with Gasteiger partial charge in [0.1, 0.15) is 5.75 Å². The molecule has 0 heterocycles. The molecule has 2 N–H and O–H groups in total. The lowest BCUT2D eigenvalue weighted by molar-refractivity contribution is -0.127. The molecule has 27 heavy (non-hydrogen) atoms. The van der Waals surface area contributed by atoms with Crippen LogP contribution in [0.2, 0.25) is 0 Å². The van der Waals surface area contributed by atoms with Gasteiger partial charge in [0.25, 0.3) is 0 Å². The van der Waals surface area contributed by atoms with E-state index in [1.165, 1.54) is 24.8 Å². The zero-order chi connectivity index (χ0) is 19.1. The van der Waals surface area contributed by atoms with Gasteiger partial charge in [-0.15, -0.1) is 0 Å². The summed E-state index contributed by atoms with van der Waals surface area (Å²) in [5.74, 6) is 0.521. The van der Waals surface area contributed by atoms with Crippen LogP contribution in [0.3, 0.4) is 0 Å². The Kier molecular flexibility index (Phi) is 6.91. The minimum Gasteiger partial charge on any atom is -0.496 e. The number of para-hydroxylation sites is 1. The monoisotopic (exact) mass is 370 g/mol. The van der Waals surface area contributed by atoms with Crippen molar-refractivity contribution in [2.75, 3.05) is 20.2 Å². The fourth-order valence-electron chi connectivity index (χ4n) is 3.74. The Balaban J connectivity index is 1.33. The molecule has 2 amide bonds. The van der Waals surface area contributed by atoms with Crippen molar-refractivity contribution in [1.29, 1.82) is 0 Å². The van der Waals surface area contributed by atoms with Gasteiger partial charge < -0.3 is 15.4 Å². The zero-order valence-corrected chi connectivity index (χ0v) is 16.1. The number of nitrogens with one attached hydrogen (secondary N) is 2. The van der Waals surface area contributed by atoms with E-state index in [1.807, 2.05) is 24.3 Å². The Morgan fingerprint density at radius 3 is 2.41 bits per heavy atom.